The number of aliphatic hydroxyl groups excluding tert-OH is 3. The van der Waals surface area contributed by atoms with Crippen molar-refractivity contribution in [2.45, 2.75) is 108 Å². The van der Waals surface area contributed by atoms with Crippen LogP contribution in [0.15, 0.2) is 12.2 Å². The smallest absolute Gasteiger partial charge is 0.114 e. The summed E-state index contributed by atoms with van der Waals surface area (Å²) in [4.78, 5) is 0. The molecular formula is C22H42O5. The van der Waals surface area contributed by atoms with Crippen molar-refractivity contribution in [2.24, 2.45) is 0 Å². The number of unbranched alkanes of at least 4 members (excludes halogenated alkanes) is 10. The van der Waals surface area contributed by atoms with Crippen LogP contribution in [0.4, 0.5) is 0 Å². The largest absolute Gasteiger partial charge is 0.394 e. The molecule has 1 fully saturated rings. The Hall–Kier alpha value is -0.460. The van der Waals surface area contributed by atoms with E-state index in [1.807, 2.05) is 0 Å². The van der Waals surface area contributed by atoms with Gasteiger partial charge in [0.05, 0.1) is 13.2 Å². The monoisotopic (exact) mass is 386 g/mol. The molecule has 1 heterocycles. The molecule has 0 saturated carbocycles. The summed E-state index contributed by atoms with van der Waals surface area (Å²) >= 11 is 0. The number of hydrogen-bond donors (Lipinski definition) is 3. The standard InChI is InChI=1S/C22H42O5/c1-2-3-4-5-6-7-8-9-10-11-12-13-14-15-16-26-20-18-27-22(21(20)25)19(24)17-23/h4-5,19-25H,2-3,6-18H2,1H3/b5-4+/t19-,20+,21+,22+/m1/s1. The fourth-order valence-corrected chi connectivity index (χ4v) is 3.44. The third-order valence-electron chi connectivity index (χ3n) is 5.21. The predicted octanol–water partition coefficient (Wildman–Crippen LogP) is 3.74. The van der Waals surface area contributed by atoms with Gasteiger partial charge in [-0.15, -0.1) is 0 Å². The molecule has 5 heteroatoms. The van der Waals surface area contributed by atoms with Crippen molar-refractivity contribution in [1.29, 1.82) is 0 Å². The first-order valence-corrected chi connectivity index (χ1v) is 11.1. The fraction of sp³-hybridized carbons (Fsp3) is 0.909. The van der Waals surface area contributed by atoms with E-state index in [0.29, 0.717) is 6.61 Å². The van der Waals surface area contributed by atoms with Gasteiger partial charge in [0.15, 0.2) is 0 Å². The van der Waals surface area contributed by atoms with E-state index in [1.165, 1.54) is 64.2 Å². The van der Waals surface area contributed by atoms with Crippen molar-refractivity contribution >= 4 is 0 Å². The van der Waals surface area contributed by atoms with Gasteiger partial charge in [-0.1, -0.05) is 70.4 Å². The third-order valence-corrected chi connectivity index (χ3v) is 5.21. The van der Waals surface area contributed by atoms with Gasteiger partial charge in [-0.25, -0.2) is 0 Å². The first kappa shape index (κ1) is 24.6. The zero-order valence-corrected chi connectivity index (χ0v) is 17.2. The zero-order valence-electron chi connectivity index (χ0n) is 17.2. The summed E-state index contributed by atoms with van der Waals surface area (Å²) in [5.41, 5.74) is 0. The number of hydrogen-bond acceptors (Lipinski definition) is 5. The van der Waals surface area contributed by atoms with Gasteiger partial charge >= 0.3 is 0 Å². The SMILES string of the molecule is CCC/C=C/CCCCCCCCCCCO[C@H]1CO[C@@H]([C@H](O)CO)[C@H]1O. The normalized spacial score (nSPS) is 24.1. The van der Waals surface area contributed by atoms with Crippen LogP contribution in [0.5, 0.6) is 0 Å². The maximum absolute atomic E-state index is 10.0. The fourth-order valence-electron chi connectivity index (χ4n) is 3.44. The molecule has 4 atom stereocenters. The molecule has 0 spiro atoms. The second-order valence-electron chi connectivity index (χ2n) is 7.68. The van der Waals surface area contributed by atoms with E-state index in [1.54, 1.807) is 0 Å². The van der Waals surface area contributed by atoms with E-state index in [-0.39, 0.29) is 6.61 Å². The van der Waals surface area contributed by atoms with Gasteiger partial charge in [0.25, 0.3) is 0 Å². The van der Waals surface area contributed by atoms with Gasteiger partial charge in [-0.05, 0) is 25.7 Å². The van der Waals surface area contributed by atoms with E-state index in [0.717, 1.165) is 12.8 Å². The van der Waals surface area contributed by atoms with Crippen LogP contribution in [0, 0.1) is 0 Å². The van der Waals surface area contributed by atoms with E-state index in [9.17, 15) is 10.2 Å². The van der Waals surface area contributed by atoms with Crippen molar-refractivity contribution in [2.75, 3.05) is 19.8 Å². The molecule has 0 aromatic rings. The van der Waals surface area contributed by atoms with E-state index < -0.39 is 31.0 Å². The lowest BCUT2D eigenvalue weighted by molar-refractivity contribution is -0.0730. The molecule has 0 aliphatic carbocycles. The van der Waals surface area contributed by atoms with E-state index in [4.69, 9.17) is 14.6 Å². The maximum atomic E-state index is 10.0. The van der Waals surface area contributed by atoms with Gasteiger partial charge in [-0.3, -0.25) is 0 Å². The molecule has 0 radical (unpaired) electrons. The van der Waals surface area contributed by atoms with Crippen molar-refractivity contribution in [3.63, 3.8) is 0 Å². The number of ether oxygens (including phenoxy) is 2. The molecule has 1 aliphatic rings. The summed E-state index contributed by atoms with van der Waals surface area (Å²) in [6, 6.07) is 0. The van der Waals surface area contributed by atoms with Crippen molar-refractivity contribution in [3.8, 4) is 0 Å². The molecule has 27 heavy (non-hydrogen) atoms. The molecule has 0 amide bonds. The molecule has 160 valence electrons. The lowest BCUT2D eigenvalue weighted by atomic mass is 10.1. The molecular weight excluding hydrogens is 344 g/mol. The van der Waals surface area contributed by atoms with E-state index in [2.05, 4.69) is 19.1 Å². The third kappa shape index (κ3) is 11.2. The topological polar surface area (TPSA) is 79.2 Å². The Morgan fingerprint density at radius 3 is 2.19 bits per heavy atom. The quantitative estimate of drug-likeness (QED) is 0.262. The van der Waals surface area contributed by atoms with Gasteiger partial charge in [0, 0.05) is 6.61 Å². The summed E-state index contributed by atoms with van der Waals surface area (Å²) in [5.74, 6) is 0. The van der Waals surface area contributed by atoms with Crippen LogP contribution in [-0.2, 0) is 9.47 Å². The number of aliphatic hydroxyl groups is 3. The van der Waals surface area contributed by atoms with Crippen LogP contribution in [0.2, 0.25) is 0 Å². The predicted molar refractivity (Wildman–Crippen MR) is 109 cm³/mol. The van der Waals surface area contributed by atoms with Gasteiger partial charge in [0.1, 0.15) is 24.4 Å². The molecule has 0 unspecified atom stereocenters. The molecule has 0 aromatic carbocycles. The van der Waals surface area contributed by atoms with Crippen LogP contribution in [0.1, 0.15) is 84.0 Å². The minimum atomic E-state index is -1.05. The van der Waals surface area contributed by atoms with E-state index >= 15 is 0 Å². The summed E-state index contributed by atoms with van der Waals surface area (Å²) in [6.07, 6.45) is 16.6. The van der Waals surface area contributed by atoms with Crippen molar-refractivity contribution < 1.29 is 24.8 Å². The Balaban J connectivity index is 1.84. The Bertz CT molecular complexity index is 361. The Morgan fingerprint density at radius 2 is 1.56 bits per heavy atom. The molecule has 1 saturated heterocycles. The molecule has 3 N–H and O–H groups in total. The van der Waals surface area contributed by atoms with Crippen LogP contribution >= 0.6 is 0 Å². The Morgan fingerprint density at radius 1 is 0.963 bits per heavy atom. The minimum Gasteiger partial charge on any atom is -0.394 e. The highest BCUT2D eigenvalue weighted by atomic mass is 16.6. The second-order valence-corrected chi connectivity index (χ2v) is 7.68. The highest BCUT2D eigenvalue weighted by Crippen LogP contribution is 2.20. The average Bonchev–Trinajstić information content (AvgIpc) is 3.04. The van der Waals surface area contributed by atoms with Crippen LogP contribution in [0.25, 0.3) is 0 Å². The Labute approximate surface area is 165 Å². The van der Waals surface area contributed by atoms with Gasteiger partial charge in [0.2, 0.25) is 0 Å². The summed E-state index contributed by atoms with van der Waals surface area (Å²) in [7, 11) is 0. The zero-order chi connectivity index (χ0) is 19.7. The summed E-state index contributed by atoms with van der Waals surface area (Å²) in [6.45, 7) is 2.69. The van der Waals surface area contributed by atoms with Crippen molar-refractivity contribution in [3.05, 3.63) is 12.2 Å². The second kappa shape index (κ2) is 16.5. The summed E-state index contributed by atoms with van der Waals surface area (Å²) in [5, 5.41) is 28.5. The highest BCUT2D eigenvalue weighted by molar-refractivity contribution is 4.88. The Kier molecular flexibility index (Phi) is 15.0. The van der Waals surface area contributed by atoms with Gasteiger partial charge in [-0.2, -0.15) is 0 Å². The lowest BCUT2D eigenvalue weighted by Crippen LogP contribution is -2.41. The highest BCUT2D eigenvalue weighted by Gasteiger charge is 2.40. The maximum Gasteiger partial charge on any atom is 0.114 e. The molecule has 0 bridgehead atoms. The number of allylic oxidation sites excluding steroid dienone is 2. The van der Waals surface area contributed by atoms with Gasteiger partial charge < -0.3 is 24.8 Å². The average molecular weight is 387 g/mol. The molecule has 5 nitrogen and oxygen atoms in total. The van der Waals surface area contributed by atoms with Crippen molar-refractivity contribution in [1.82, 2.24) is 0 Å². The minimum absolute atomic E-state index is 0.275. The molecule has 1 aliphatic heterocycles. The molecule has 1 rings (SSSR count). The number of rotatable bonds is 17. The van der Waals surface area contributed by atoms with Crippen LogP contribution in [-0.4, -0.2) is 59.6 Å². The molecule has 0 aromatic heterocycles. The first-order chi connectivity index (χ1) is 13.2. The summed E-state index contributed by atoms with van der Waals surface area (Å²) < 4.78 is 11.0. The van der Waals surface area contributed by atoms with Crippen LogP contribution in [0.3, 0.4) is 0 Å². The van der Waals surface area contributed by atoms with Crippen LogP contribution < -0.4 is 0 Å². The lowest BCUT2D eigenvalue weighted by Gasteiger charge is -2.20. The first-order valence-electron chi connectivity index (χ1n) is 11.1.